The van der Waals surface area contributed by atoms with Gasteiger partial charge in [-0.3, -0.25) is 9.59 Å². The first-order valence-electron chi connectivity index (χ1n) is 23.7. The van der Waals surface area contributed by atoms with Gasteiger partial charge in [-0.05, 0) is 112 Å². The first kappa shape index (κ1) is 58.8. The molecule has 12 heteroatoms. The predicted octanol–water partition coefficient (Wildman–Crippen LogP) is 15.4. The van der Waals surface area contributed by atoms with Crippen LogP contribution in [0.5, 0.6) is 0 Å². The number of hydrogen-bond donors (Lipinski definition) is 0. The lowest BCUT2D eigenvalue weighted by atomic mass is 9.73. The molecule has 0 bridgehead atoms. The van der Waals surface area contributed by atoms with Crippen LogP contribution in [0, 0.1) is 24.2 Å². The summed E-state index contributed by atoms with van der Waals surface area (Å²) in [5.74, 6) is -0.719. The number of thiazole rings is 1. The number of allylic oxidation sites excluding steroid dienone is 2. The van der Waals surface area contributed by atoms with E-state index in [9.17, 15) is 4.79 Å². The highest BCUT2D eigenvalue weighted by Crippen LogP contribution is 2.44. The van der Waals surface area contributed by atoms with Crippen LogP contribution in [-0.4, -0.2) is 74.7 Å². The Balaban J connectivity index is 3.55. The SMILES string of the molecule is CC[Si](CC)(CC)O[C@@H](C/C=C(/C)C/C=C/[C@H](C)[C@H](O[Si](C)(C)C(C)(C)C)[C@@H](C)C(=O)C(C)(C)[C@H](CC(=O)OCC[Si](C)(C)C)O[Si](C)(C)C(C)(C)C)/C(C)=C/c1csc(C)n1. The molecule has 0 spiro atoms. The number of nitrogens with zero attached hydrogens (tertiary/aromatic N) is 1. The fourth-order valence-electron chi connectivity index (χ4n) is 7.11. The van der Waals surface area contributed by atoms with Gasteiger partial charge < -0.3 is 18.0 Å². The predicted molar refractivity (Wildman–Crippen MR) is 280 cm³/mol. The number of rotatable bonds is 26. The maximum absolute atomic E-state index is 15.1. The molecule has 0 saturated carbocycles. The van der Waals surface area contributed by atoms with Crippen LogP contribution in [-0.2, 0) is 27.6 Å². The molecule has 0 unspecified atom stereocenters. The monoisotopic (exact) mass is 950 g/mol. The normalized spacial score (nSPS) is 17.0. The zero-order valence-electron chi connectivity index (χ0n) is 44.2. The molecule has 7 nitrogen and oxygen atoms in total. The zero-order valence-corrected chi connectivity index (χ0v) is 49.1. The minimum atomic E-state index is -2.39. The van der Waals surface area contributed by atoms with Gasteiger partial charge in [0.1, 0.15) is 5.78 Å². The maximum Gasteiger partial charge on any atom is 0.308 e. The van der Waals surface area contributed by atoms with Crippen molar-refractivity contribution in [2.45, 2.75) is 228 Å². The van der Waals surface area contributed by atoms with Crippen molar-refractivity contribution < 1.29 is 27.6 Å². The molecule has 0 amide bonds. The van der Waals surface area contributed by atoms with Gasteiger partial charge in [0.15, 0.2) is 25.0 Å². The lowest BCUT2D eigenvalue weighted by Crippen LogP contribution is -2.54. The minimum Gasteiger partial charge on any atom is -0.466 e. The third-order valence-electron chi connectivity index (χ3n) is 14.2. The lowest BCUT2D eigenvalue weighted by molar-refractivity contribution is -0.150. The summed E-state index contributed by atoms with van der Waals surface area (Å²) < 4.78 is 27.2. The number of ketones is 1. The van der Waals surface area contributed by atoms with E-state index >= 15 is 4.79 Å². The molecule has 62 heavy (non-hydrogen) atoms. The van der Waals surface area contributed by atoms with Crippen molar-refractivity contribution >= 4 is 62.2 Å². The van der Waals surface area contributed by atoms with Gasteiger partial charge in [0.05, 0.1) is 42.0 Å². The summed E-state index contributed by atoms with van der Waals surface area (Å²) in [7, 11) is -7.95. The van der Waals surface area contributed by atoms with Crippen LogP contribution in [0.25, 0.3) is 6.08 Å². The summed E-state index contributed by atoms with van der Waals surface area (Å²) in [5.41, 5.74) is 2.54. The second-order valence-corrected chi connectivity index (χ2v) is 44.0. The Kier molecular flexibility index (Phi) is 22.7. The molecular weight excluding hydrogens is 855 g/mol. The second kappa shape index (κ2) is 24.0. The summed E-state index contributed by atoms with van der Waals surface area (Å²) >= 11 is 1.68. The summed E-state index contributed by atoms with van der Waals surface area (Å²) in [5, 5.41) is 3.05. The van der Waals surface area contributed by atoms with Crippen molar-refractivity contribution in [2.24, 2.45) is 17.3 Å². The minimum absolute atomic E-state index is 0.00964. The third-order valence-corrected chi connectivity index (χ3v) is 30.3. The van der Waals surface area contributed by atoms with Crippen LogP contribution in [0.2, 0.25) is 80.1 Å². The zero-order chi connectivity index (χ0) is 48.3. The molecule has 1 rings (SSSR count). The number of carbonyl (C=O) groups excluding carboxylic acids is 2. The Bertz CT molecular complexity index is 1650. The number of hydrogen-bond acceptors (Lipinski definition) is 8. The first-order valence-corrected chi connectivity index (χ1v) is 36.7. The molecule has 1 heterocycles. The van der Waals surface area contributed by atoms with Gasteiger partial charge in [-0.2, -0.15) is 0 Å². The van der Waals surface area contributed by atoms with Crippen molar-refractivity contribution in [1.29, 1.82) is 0 Å². The Hall–Kier alpha value is -1.26. The van der Waals surface area contributed by atoms with Gasteiger partial charge in [-0.1, -0.05) is 133 Å². The van der Waals surface area contributed by atoms with Crippen LogP contribution in [0.1, 0.15) is 134 Å². The molecule has 0 aliphatic rings. The number of esters is 1. The average molecular weight is 951 g/mol. The van der Waals surface area contributed by atoms with Gasteiger partial charge in [-0.25, -0.2) is 4.98 Å². The Morgan fingerprint density at radius 3 is 1.82 bits per heavy atom. The number of ether oxygens (including phenoxy) is 1. The lowest BCUT2D eigenvalue weighted by Gasteiger charge is -2.46. The summed E-state index contributed by atoms with van der Waals surface area (Å²) in [4.78, 5) is 33.3. The van der Waals surface area contributed by atoms with Crippen LogP contribution in [0.15, 0.2) is 34.8 Å². The van der Waals surface area contributed by atoms with E-state index in [-0.39, 0.29) is 46.4 Å². The molecule has 0 N–H and O–H groups in total. The molecule has 0 aromatic carbocycles. The largest absolute Gasteiger partial charge is 0.466 e. The van der Waals surface area contributed by atoms with Gasteiger partial charge >= 0.3 is 5.97 Å². The topological polar surface area (TPSA) is 84.0 Å². The molecular formula is C50H95NO6SSi4. The van der Waals surface area contributed by atoms with Crippen LogP contribution >= 0.6 is 11.3 Å². The van der Waals surface area contributed by atoms with Crippen LogP contribution in [0.3, 0.4) is 0 Å². The average Bonchev–Trinajstić information content (AvgIpc) is 3.55. The summed E-state index contributed by atoms with van der Waals surface area (Å²) in [6, 6.07) is 4.22. The van der Waals surface area contributed by atoms with E-state index in [2.05, 4.69) is 166 Å². The Morgan fingerprint density at radius 2 is 1.35 bits per heavy atom. The van der Waals surface area contributed by atoms with E-state index in [1.165, 1.54) is 11.1 Å². The van der Waals surface area contributed by atoms with Crippen molar-refractivity contribution in [2.75, 3.05) is 6.61 Å². The molecule has 0 fully saturated rings. The third kappa shape index (κ3) is 18.2. The fraction of sp³-hybridized carbons (Fsp3) is 0.780. The first-order chi connectivity index (χ1) is 28.1. The van der Waals surface area contributed by atoms with Crippen LogP contribution in [0.4, 0.5) is 0 Å². The number of aromatic nitrogens is 1. The van der Waals surface area contributed by atoms with E-state index < -0.39 is 50.5 Å². The molecule has 1 aromatic heterocycles. The molecule has 0 aliphatic heterocycles. The van der Waals surface area contributed by atoms with E-state index in [0.29, 0.717) is 6.61 Å². The van der Waals surface area contributed by atoms with Gasteiger partial charge in [0, 0.05) is 24.8 Å². The highest BCUT2D eigenvalue weighted by molar-refractivity contribution is 7.09. The van der Waals surface area contributed by atoms with E-state index in [1.54, 1.807) is 11.3 Å². The molecule has 5 atom stereocenters. The molecule has 0 saturated heterocycles. The molecule has 358 valence electrons. The van der Waals surface area contributed by atoms with Gasteiger partial charge in [0.2, 0.25) is 0 Å². The van der Waals surface area contributed by atoms with E-state index in [1.807, 2.05) is 20.8 Å². The molecule has 0 radical (unpaired) electrons. The van der Waals surface area contributed by atoms with E-state index in [4.69, 9.17) is 23.0 Å². The van der Waals surface area contributed by atoms with Crippen LogP contribution < -0.4 is 0 Å². The van der Waals surface area contributed by atoms with Gasteiger partial charge in [0.25, 0.3) is 0 Å². The van der Waals surface area contributed by atoms with E-state index in [0.717, 1.165) is 47.7 Å². The van der Waals surface area contributed by atoms with Gasteiger partial charge in [-0.15, -0.1) is 11.3 Å². The molecule has 1 aromatic rings. The highest BCUT2D eigenvalue weighted by atomic mass is 32.1. The Labute approximate surface area is 390 Å². The van der Waals surface area contributed by atoms with Crippen molar-refractivity contribution in [1.82, 2.24) is 4.98 Å². The number of aryl methyl sites for hydroxylation is 1. The molecule has 0 aliphatic carbocycles. The van der Waals surface area contributed by atoms with Crippen molar-refractivity contribution in [3.05, 3.63) is 45.5 Å². The standard InChI is InChI=1S/C50H95NO6SSi4/c1-24-62(25-2,26-3)55-43(39(6)34-42-36-58-41(8)51-42)31-30-37(4)28-27-29-38(5)46(57-61(22,23)49(12,13)14)40(7)47(53)50(15,16)44(56-60(20,21)48(9,10)11)35-45(52)54-32-33-59(17,18)19/h27,29-30,34,36,38,40,43-44,46H,24-26,28,31-33,35H2,1-23H3/b29-27+,37-30-,39-34+/t38-,40+,43-,44-,46-/m0/s1. The number of carbonyl (C=O) groups is 2. The summed E-state index contributed by atoms with van der Waals surface area (Å²) in [6.45, 7) is 51.0. The smallest absolute Gasteiger partial charge is 0.308 e. The van der Waals surface area contributed by atoms with Crippen molar-refractivity contribution in [3.63, 3.8) is 0 Å². The maximum atomic E-state index is 15.1. The second-order valence-electron chi connectivity index (χ2n) is 23.1. The summed E-state index contributed by atoms with van der Waals surface area (Å²) in [6.07, 6.45) is 9.74. The number of Topliss-reactive ketones (excluding diaryl/α,β-unsaturated/α-hetero) is 1. The quantitative estimate of drug-likeness (QED) is 0.0520. The Morgan fingerprint density at radius 1 is 0.823 bits per heavy atom. The highest BCUT2D eigenvalue weighted by Gasteiger charge is 2.50. The van der Waals surface area contributed by atoms with Crippen molar-refractivity contribution in [3.8, 4) is 0 Å². The fourth-order valence-corrected chi connectivity index (χ4v) is 14.2.